The number of carboxylic acids is 1. The molecule has 0 aromatic heterocycles. The van der Waals surface area contributed by atoms with Gasteiger partial charge in [-0.15, -0.1) is 0 Å². The van der Waals surface area contributed by atoms with Crippen LogP contribution in [0.1, 0.15) is 22.8 Å². The maximum Gasteiger partial charge on any atom is 0.335 e. The number of benzene rings is 2. The lowest BCUT2D eigenvalue weighted by Crippen LogP contribution is -2.25. The van der Waals surface area contributed by atoms with Gasteiger partial charge < -0.3 is 19.9 Å². The quantitative estimate of drug-likeness (QED) is 0.407. The van der Waals surface area contributed by atoms with Crippen LogP contribution < -0.4 is 20.2 Å². The summed E-state index contributed by atoms with van der Waals surface area (Å²) in [6, 6.07) is 11.7. The number of hydrazone groups is 1. The number of aromatic carboxylic acids is 1. The zero-order chi connectivity index (χ0) is 19.1. The van der Waals surface area contributed by atoms with E-state index in [-0.39, 0.29) is 10.7 Å². The summed E-state index contributed by atoms with van der Waals surface area (Å²) in [5.74, 6) is 0.301. The lowest BCUT2D eigenvalue weighted by atomic mass is 10.1. The Hall–Kier alpha value is -3.13. The summed E-state index contributed by atoms with van der Waals surface area (Å²) < 4.78 is 10.5. The summed E-state index contributed by atoms with van der Waals surface area (Å²) in [5.41, 5.74) is 4.90. The zero-order valence-corrected chi connectivity index (χ0v) is 15.4. The number of methoxy groups -OCH3 is 2. The van der Waals surface area contributed by atoms with Crippen molar-refractivity contribution in [3.8, 4) is 11.5 Å². The van der Waals surface area contributed by atoms with Gasteiger partial charge in [-0.2, -0.15) is 5.10 Å². The Morgan fingerprint density at radius 1 is 1.15 bits per heavy atom. The molecular weight excluding hydrogens is 354 g/mol. The largest absolute Gasteiger partial charge is 0.497 e. The molecule has 8 heteroatoms. The van der Waals surface area contributed by atoms with Crippen LogP contribution >= 0.6 is 12.2 Å². The third kappa shape index (κ3) is 4.93. The molecule has 2 aromatic carbocycles. The van der Waals surface area contributed by atoms with Crippen LogP contribution in [0.3, 0.4) is 0 Å². The lowest BCUT2D eigenvalue weighted by Gasteiger charge is -2.11. The van der Waals surface area contributed by atoms with Crippen molar-refractivity contribution in [2.24, 2.45) is 5.10 Å². The van der Waals surface area contributed by atoms with E-state index < -0.39 is 5.97 Å². The fourth-order valence-electron chi connectivity index (χ4n) is 2.18. The molecule has 0 heterocycles. The monoisotopic (exact) mass is 373 g/mol. The van der Waals surface area contributed by atoms with Crippen molar-refractivity contribution in [2.45, 2.75) is 6.92 Å². The van der Waals surface area contributed by atoms with Crippen molar-refractivity contribution >= 4 is 34.7 Å². The topological polar surface area (TPSA) is 92.2 Å². The molecule has 0 aliphatic carbocycles. The molecular formula is C18H19N3O4S. The predicted molar refractivity (Wildman–Crippen MR) is 105 cm³/mol. The van der Waals surface area contributed by atoms with Crippen molar-refractivity contribution in [1.82, 2.24) is 5.43 Å². The molecule has 0 aliphatic rings. The molecule has 0 radical (unpaired) electrons. The van der Waals surface area contributed by atoms with Crippen LogP contribution in [0, 0.1) is 0 Å². The number of hydrogen-bond acceptors (Lipinski definition) is 5. The van der Waals surface area contributed by atoms with E-state index in [4.69, 9.17) is 26.8 Å². The van der Waals surface area contributed by atoms with E-state index in [0.717, 1.165) is 5.56 Å². The lowest BCUT2D eigenvalue weighted by molar-refractivity contribution is 0.0697. The molecule has 0 saturated carbocycles. The highest BCUT2D eigenvalue weighted by Gasteiger charge is 2.09. The molecule has 0 unspecified atom stereocenters. The maximum atomic E-state index is 11.0. The number of rotatable bonds is 6. The van der Waals surface area contributed by atoms with Crippen molar-refractivity contribution in [2.75, 3.05) is 19.5 Å². The van der Waals surface area contributed by atoms with E-state index >= 15 is 0 Å². The first kappa shape index (κ1) is 19.2. The first-order valence-corrected chi connectivity index (χ1v) is 8.02. The Labute approximate surface area is 156 Å². The number of carboxylic acid groups (broad SMARTS) is 1. The van der Waals surface area contributed by atoms with Gasteiger partial charge in [-0.3, -0.25) is 5.43 Å². The van der Waals surface area contributed by atoms with E-state index in [1.54, 1.807) is 32.4 Å². The van der Waals surface area contributed by atoms with Gasteiger partial charge in [0.05, 0.1) is 25.5 Å². The van der Waals surface area contributed by atoms with Gasteiger partial charge in [0.2, 0.25) is 0 Å². The van der Waals surface area contributed by atoms with Crippen LogP contribution in [-0.2, 0) is 0 Å². The van der Waals surface area contributed by atoms with Crippen molar-refractivity contribution in [3.63, 3.8) is 0 Å². The number of ether oxygens (including phenoxy) is 2. The smallest absolute Gasteiger partial charge is 0.335 e. The Kier molecular flexibility index (Phi) is 6.51. The van der Waals surface area contributed by atoms with Gasteiger partial charge in [0.1, 0.15) is 11.5 Å². The van der Waals surface area contributed by atoms with Crippen LogP contribution in [0.25, 0.3) is 0 Å². The molecule has 2 aromatic rings. The summed E-state index contributed by atoms with van der Waals surface area (Å²) in [5, 5.41) is 16.4. The van der Waals surface area contributed by atoms with E-state index in [2.05, 4.69) is 15.8 Å². The molecule has 0 aliphatic heterocycles. The number of carbonyl (C=O) groups is 1. The molecule has 0 bridgehead atoms. The fourth-order valence-corrected chi connectivity index (χ4v) is 2.34. The molecule has 136 valence electrons. The Bertz CT molecular complexity index is 852. The van der Waals surface area contributed by atoms with Gasteiger partial charge in [-0.05, 0) is 49.5 Å². The number of nitrogens with zero attached hydrogens (tertiary/aromatic N) is 1. The van der Waals surface area contributed by atoms with Crippen LogP contribution in [0.2, 0.25) is 0 Å². The highest BCUT2D eigenvalue weighted by molar-refractivity contribution is 7.80. The van der Waals surface area contributed by atoms with Crippen molar-refractivity contribution < 1.29 is 19.4 Å². The zero-order valence-electron chi connectivity index (χ0n) is 14.6. The fraction of sp³-hybridized carbons (Fsp3) is 0.167. The van der Waals surface area contributed by atoms with E-state index in [0.29, 0.717) is 22.9 Å². The summed E-state index contributed by atoms with van der Waals surface area (Å²) in [6.07, 6.45) is 0. The minimum atomic E-state index is -1.01. The number of thiocarbonyl (C=S) groups is 1. The van der Waals surface area contributed by atoms with Crippen LogP contribution in [-0.4, -0.2) is 36.1 Å². The molecule has 3 N–H and O–H groups in total. The molecule has 0 amide bonds. The van der Waals surface area contributed by atoms with Crippen LogP contribution in [0.15, 0.2) is 47.6 Å². The highest BCUT2D eigenvalue weighted by Crippen LogP contribution is 2.25. The second-order valence-electron chi connectivity index (χ2n) is 5.22. The molecule has 7 nitrogen and oxygen atoms in total. The van der Waals surface area contributed by atoms with Gasteiger partial charge in [0.15, 0.2) is 5.11 Å². The van der Waals surface area contributed by atoms with Gasteiger partial charge in [0, 0.05) is 17.3 Å². The van der Waals surface area contributed by atoms with Gasteiger partial charge in [0.25, 0.3) is 0 Å². The second-order valence-corrected chi connectivity index (χ2v) is 5.62. The summed E-state index contributed by atoms with van der Waals surface area (Å²) in [6.45, 7) is 1.81. The summed E-state index contributed by atoms with van der Waals surface area (Å²) in [4.78, 5) is 11.0. The average Bonchev–Trinajstić information content (AvgIpc) is 2.65. The number of nitrogens with one attached hydrogen (secondary N) is 2. The third-order valence-corrected chi connectivity index (χ3v) is 3.68. The van der Waals surface area contributed by atoms with Crippen LogP contribution in [0.5, 0.6) is 11.5 Å². The molecule has 0 spiro atoms. The van der Waals surface area contributed by atoms with E-state index in [1.165, 1.54) is 12.1 Å². The minimum Gasteiger partial charge on any atom is -0.497 e. The van der Waals surface area contributed by atoms with E-state index in [1.807, 2.05) is 19.1 Å². The molecule has 2 rings (SSSR count). The standard InChI is InChI=1S/C18H19N3O4S/c1-11(15-8-7-14(24-2)10-16(15)25-3)20-21-18(26)19-13-6-4-5-12(9-13)17(22)23/h4-10H,1-3H3,(H,22,23)(H2,19,21,26). The maximum absolute atomic E-state index is 11.0. The minimum absolute atomic E-state index is 0.167. The summed E-state index contributed by atoms with van der Waals surface area (Å²) in [7, 11) is 3.15. The first-order chi connectivity index (χ1) is 12.4. The van der Waals surface area contributed by atoms with Crippen LogP contribution in [0.4, 0.5) is 5.69 Å². The molecule has 0 saturated heterocycles. The Morgan fingerprint density at radius 3 is 2.58 bits per heavy atom. The average molecular weight is 373 g/mol. The second kappa shape index (κ2) is 8.82. The normalized spacial score (nSPS) is 10.8. The third-order valence-electron chi connectivity index (χ3n) is 3.49. The highest BCUT2D eigenvalue weighted by atomic mass is 32.1. The first-order valence-electron chi connectivity index (χ1n) is 7.61. The predicted octanol–water partition coefficient (Wildman–Crippen LogP) is 3.11. The SMILES string of the molecule is COc1ccc(C(C)=NNC(=S)Nc2cccc(C(=O)O)c2)c(OC)c1. The molecule has 0 fully saturated rings. The van der Waals surface area contributed by atoms with Gasteiger partial charge in [-0.25, -0.2) is 4.79 Å². The Morgan fingerprint density at radius 2 is 1.92 bits per heavy atom. The van der Waals surface area contributed by atoms with Gasteiger partial charge in [-0.1, -0.05) is 6.07 Å². The van der Waals surface area contributed by atoms with Crippen molar-refractivity contribution in [1.29, 1.82) is 0 Å². The van der Waals surface area contributed by atoms with Gasteiger partial charge >= 0.3 is 5.97 Å². The van der Waals surface area contributed by atoms with Crippen molar-refractivity contribution in [3.05, 3.63) is 53.6 Å². The number of anilines is 1. The number of hydrogen-bond donors (Lipinski definition) is 3. The summed E-state index contributed by atoms with van der Waals surface area (Å²) >= 11 is 5.19. The molecule has 26 heavy (non-hydrogen) atoms. The molecule has 0 atom stereocenters. The van der Waals surface area contributed by atoms with E-state index in [9.17, 15) is 4.79 Å². The Balaban J connectivity index is 2.08.